The van der Waals surface area contributed by atoms with Crippen molar-refractivity contribution in [1.82, 2.24) is 4.98 Å². The van der Waals surface area contributed by atoms with Crippen LogP contribution in [0, 0.1) is 0 Å². The molecule has 6 heteroatoms. The molecule has 0 aliphatic heterocycles. The second-order valence-corrected chi connectivity index (χ2v) is 5.73. The quantitative estimate of drug-likeness (QED) is 0.645. The summed E-state index contributed by atoms with van der Waals surface area (Å²) in [4.78, 5) is 4.69. The number of aromatic nitrogens is 1. The first kappa shape index (κ1) is 18.5. The Labute approximate surface area is 151 Å². The number of hydrogen-bond donors (Lipinski definition) is 3. The van der Waals surface area contributed by atoms with Crippen LogP contribution in [0.25, 0.3) is 22.2 Å². The molecule has 0 saturated carbocycles. The van der Waals surface area contributed by atoms with Crippen LogP contribution in [0.15, 0.2) is 54.6 Å². The number of nitrogens with zero attached hydrogens (tertiary/aromatic N) is 1. The van der Waals surface area contributed by atoms with Crippen molar-refractivity contribution in [3.63, 3.8) is 0 Å². The first-order valence-corrected chi connectivity index (χ1v) is 7.73. The van der Waals surface area contributed by atoms with E-state index in [9.17, 15) is 5.11 Å². The average Bonchev–Trinajstić information content (AvgIpc) is 2.59. The first-order chi connectivity index (χ1) is 11.2. The number of halogens is 2. The van der Waals surface area contributed by atoms with E-state index >= 15 is 0 Å². The molecule has 0 aliphatic rings. The largest absolute Gasteiger partial charge is 0.394 e. The van der Waals surface area contributed by atoms with E-state index < -0.39 is 6.10 Å². The lowest BCUT2D eigenvalue weighted by molar-refractivity contribution is 0.105. The molecule has 0 fully saturated rings. The minimum absolute atomic E-state index is 0. The molecule has 0 saturated heterocycles. The van der Waals surface area contributed by atoms with Crippen LogP contribution in [-0.2, 0) is 0 Å². The number of aliphatic hydroxyl groups is 2. The van der Waals surface area contributed by atoms with Gasteiger partial charge in [-0.25, -0.2) is 4.98 Å². The molecule has 1 heterocycles. The van der Waals surface area contributed by atoms with Gasteiger partial charge >= 0.3 is 0 Å². The molecule has 1 aromatic heterocycles. The monoisotopic (exact) mass is 364 g/mol. The van der Waals surface area contributed by atoms with Gasteiger partial charge in [0.1, 0.15) is 0 Å². The highest BCUT2D eigenvalue weighted by molar-refractivity contribution is 6.30. The summed E-state index contributed by atoms with van der Waals surface area (Å²) in [7, 11) is 0. The highest BCUT2D eigenvalue weighted by Crippen LogP contribution is 2.28. The lowest BCUT2D eigenvalue weighted by Crippen LogP contribution is -2.23. The molecule has 0 aliphatic carbocycles. The van der Waals surface area contributed by atoms with Gasteiger partial charge in [0, 0.05) is 28.2 Å². The second-order valence-electron chi connectivity index (χ2n) is 5.30. The summed E-state index contributed by atoms with van der Waals surface area (Å²) in [5.41, 5.74) is 3.52. The van der Waals surface area contributed by atoms with Crippen LogP contribution in [0.3, 0.4) is 0 Å². The van der Waals surface area contributed by atoms with E-state index in [0.29, 0.717) is 5.02 Å². The fraction of sp³-hybridized carbons (Fsp3) is 0.167. The van der Waals surface area contributed by atoms with Gasteiger partial charge in [0.15, 0.2) is 0 Å². The van der Waals surface area contributed by atoms with Crippen LogP contribution in [0.4, 0.5) is 5.69 Å². The molecule has 1 atom stereocenters. The normalized spacial score (nSPS) is 11.8. The molecule has 24 heavy (non-hydrogen) atoms. The fourth-order valence-corrected chi connectivity index (χ4v) is 2.51. The van der Waals surface area contributed by atoms with Crippen molar-refractivity contribution in [3.05, 3.63) is 59.6 Å². The summed E-state index contributed by atoms with van der Waals surface area (Å²) in [6, 6.07) is 17.2. The number of benzene rings is 2. The lowest BCUT2D eigenvalue weighted by atomic mass is 10.1. The van der Waals surface area contributed by atoms with Crippen molar-refractivity contribution < 1.29 is 10.2 Å². The molecule has 4 nitrogen and oxygen atoms in total. The van der Waals surface area contributed by atoms with Gasteiger partial charge in [0.05, 0.1) is 23.9 Å². The molecule has 0 spiro atoms. The topological polar surface area (TPSA) is 65.4 Å². The van der Waals surface area contributed by atoms with E-state index in [2.05, 4.69) is 10.3 Å². The Hall–Kier alpha value is -1.85. The number of nitrogens with one attached hydrogen (secondary N) is 1. The number of aliphatic hydroxyl groups excluding tert-OH is 2. The highest BCUT2D eigenvalue weighted by Gasteiger charge is 2.09. The van der Waals surface area contributed by atoms with Crippen LogP contribution in [0.2, 0.25) is 5.02 Å². The van der Waals surface area contributed by atoms with Gasteiger partial charge in [0.25, 0.3) is 0 Å². The molecule has 0 radical (unpaired) electrons. The molecule has 0 unspecified atom stereocenters. The minimum Gasteiger partial charge on any atom is -0.394 e. The predicted octanol–water partition coefficient (Wildman–Crippen LogP) is 3.74. The Morgan fingerprint density at radius 1 is 1.08 bits per heavy atom. The number of rotatable bonds is 5. The third kappa shape index (κ3) is 4.16. The van der Waals surface area contributed by atoms with Gasteiger partial charge in [-0.3, -0.25) is 0 Å². The minimum atomic E-state index is -0.805. The summed E-state index contributed by atoms with van der Waals surface area (Å²) in [6.45, 7) is -0.00930. The van der Waals surface area contributed by atoms with Crippen LogP contribution in [0.5, 0.6) is 0 Å². The van der Waals surface area contributed by atoms with Gasteiger partial charge in [-0.15, -0.1) is 12.4 Å². The summed E-state index contributed by atoms with van der Waals surface area (Å²) < 4.78 is 0. The molecule has 0 bridgehead atoms. The van der Waals surface area contributed by atoms with E-state index in [1.54, 1.807) is 0 Å². The van der Waals surface area contributed by atoms with E-state index in [1.807, 2.05) is 54.6 Å². The summed E-state index contributed by atoms with van der Waals surface area (Å²) in [5, 5.41) is 23.4. The molecular formula is C18H18Cl2N2O2. The fourth-order valence-electron chi connectivity index (χ4n) is 2.38. The Morgan fingerprint density at radius 2 is 1.79 bits per heavy atom. The number of hydrogen-bond acceptors (Lipinski definition) is 4. The van der Waals surface area contributed by atoms with Crippen molar-refractivity contribution in [2.45, 2.75) is 6.10 Å². The molecular weight excluding hydrogens is 347 g/mol. The Balaban J connectivity index is 0.00000208. The second kappa shape index (κ2) is 8.31. The third-order valence-electron chi connectivity index (χ3n) is 3.60. The van der Waals surface area contributed by atoms with Gasteiger partial charge in [0.2, 0.25) is 0 Å². The van der Waals surface area contributed by atoms with Crippen molar-refractivity contribution in [3.8, 4) is 11.3 Å². The summed E-state index contributed by atoms with van der Waals surface area (Å²) in [5.74, 6) is 0. The Morgan fingerprint density at radius 3 is 2.50 bits per heavy atom. The van der Waals surface area contributed by atoms with Crippen molar-refractivity contribution >= 4 is 40.6 Å². The van der Waals surface area contributed by atoms with Gasteiger partial charge in [-0.1, -0.05) is 41.9 Å². The predicted molar refractivity (Wildman–Crippen MR) is 101 cm³/mol. The highest BCUT2D eigenvalue weighted by atomic mass is 35.5. The Kier molecular flexibility index (Phi) is 6.40. The van der Waals surface area contributed by atoms with Crippen molar-refractivity contribution in [2.75, 3.05) is 18.5 Å². The van der Waals surface area contributed by atoms with Crippen molar-refractivity contribution in [1.29, 1.82) is 0 Å². The van der Waals surface area contributed by atoms with Crippen LogP contribution in [0.1, 0.15) is 0 Å². The van der Waals surface area contributed by atoms with Gasteiger partial charge < -0.3 is 15.5 Å². The smallest absolute Gasteiger partial charge is 0.0942 e. The molecule has 3 aromatic rings. The number of pyridine rings is 1. The maximum absolute atomic E-state index is 9.57. The van der Waals surface area contributed by atoms with Crippen LogP contribution in [-0.4, -0.2) is 34.5 Å². The van der Waals surface area contributed by atoms with E-state index in [4.69, 9.17) is 16.7 Å². The summed E-state index contributed by atoms with van der Waals surface area (Å²) >= 11 is 5.94. The molecule has 126 valence electrons. The molecule has 2 aromatic carbocycles. The first-order valence-electron chi connectivity index (χ1n) is 7.36. The molecule has 3 rings (SSSR count). The van der Waals surface area contributed by atoms with E-state index in [1.165, 1.54) is 0 Å². The zero-order valence-electron chi connectivity index (χ0n) is 12.8. The number of fused-ring (bicyclic) bond motifs is 1. The van der Waals surface area contributed by atoms with Crippen LogP contribution >= 0.6 is 24.0 Å². The summed E-state index contributed by atoms with van der Waals surface area (Å²) in [6.07, 6.45) is -0.805. The average molecular weight is 365 g/mol. The number of para-hydroxylation sites is 1. The van der Waals surface area contributed by atoms with E-state index in [0.717, 1.165) is 27.8 Å². The standard InChI is InChI=1S/C18H17ClN2O2.ClH/c19-13-7-5-12(6-8-13)17-9-18(20-10-14(23)11-22)15-3-1-2-4-16(15)21-17;/h1-9,14,22-23H,10-11H2,(H,20,21);1H/t14-;/m0./s1. The molecule has 0 amide bonds. The SMILES string of the molecule is Cl.OC[C@@H](O)CNc1cc(-c2ccc(Cl)cc2)nc2ccccc12. The van der Waals surface area contributed by atoms with Gasteiger partial charge in [-0.2, -0.15) is 0 Å². The zero-order chi connectivity index (χ0) is 16.2. The number of anilines is 1. The Bertz CT molecular complexity index is 810. The van der Waals surface area contributed by atoms with E-state index in [-0.39, 0.29) is 25.6 Å². The third-order valence-corrected chi connectivity index (χ3v) is 3.85. The zero-order valence-corrected chi connectivity index (χ0v) is 14.4. The maximum Gasteiger partial charge on any atom is 0.0942 e. The van der Waals surface area contributed by atoms with Crippen LogP contribution < -0.4 is 5.32 Å². The van der Waals surface area contributed by atoms with Gasteiger partial charge in [-0.05, 0) is 24.3 Å². The maximum atomic E-state index is 9.57. The molecule has 3 N–H and O–H groups in total. The lowest BCUT2D eigenvalue weighted by Gasteiger charge is -2.14. The van der Waals surface area contributed by atoms with Crippen molar-refractivity contribution in [2.24, 2.45) is 0 Å².